The smallest absolute Gasteiger partial charge is 0.103 e. The Hall–Kier alpha value is -0.580. The Balaban J connectivity index is 2.25. The normalized spacial score (nSPS) is 17.5. The number of nitrogens with zero attached hydrogens (tertiary/aromatic N) is 1. The van der Waals surface area contributed by atoms with Gasteiger partial charge in [0.25, 0.3) is 0 Å². The Morgan fingerprint density at radius 3 is 2.69 bits per heavy atom. The molecule has 0 unspecified atom stereocenters. The summed E-state index contributed by atoms with van der Waals surface area (Å²) in [6.07, 6.45) is 2.41. The van der Waals surface area contributed by atoms with E-state index in [9.17, 15) is 0 Å². The molecule has 0 spiro atoms. The van der Waals surface area contributed by atoms with Crippen LogP contribution in [0.25, 0.3) is 0 Å². The lowest BCUT2D eigenvalue weighted by molar-refractivity contribution is 1.15. The Labute approximate surface area is 91.4 Å². The molecule has 1 saturated carbocycles. The van der Waals surface area contributed by atoms with Crippen molar-refractivity contribution in [1.82, 2.24) is 0 Å². The first-order valence-corrected chi connectivity index (χ1v) is 5.44. The van der Waals surface area contributed by atoms with Crippen molar-refractivity contribution in [3.8, 4) is 0 Å². The zero-order chi connectivity index (χ0) is 9.26. The van der Waals surface area contributed by atoms with E-state index in [1.165, 1.54) is 12.8 Å². The predicted octanol–water partition coefficient (Wildman–Crippen LogP) is 2.69. The third-order valence-corrected chi connectivity index (χ3v) is 3.01. The fourth-order valence-corrected chi connectivity index (χ4v) is 1.66. The van der Waals surface area contributed by atoms with Crippen LogP contribution >= 0.6 is 22.6 Å². The molecule has 13 heavy (non-hydrogen) atoms. The summed E-state index contributed by atoms with van der Waals surface area (Å²) < 4.78 is 1.16. The lowest BCUT2D eigenvalue weighted by atomic mass is 10.3. The maximum Gasteiger partial charge on any atom is 0.103 e. The monoisotopic (exact) mass is 286 g/mol. The molecule has 0 radical (unpaired) electrons. The molecule has 68 valence electrons. The van der Waals surface area contributed by atoms with Crippen molar-refractivity contribution >= 4 is 34.1 Å². The Morgan fingerprint density at radius 2 is 2.08 bits per heavy atom. The summed E-state index contributed by atoms with van der Waals surface area (Å²) in [6, 6.07) is 8.03. The van der Waals surface area contributed by atoms with Gasteiger partial charge in [0.15, 0.2) is 0 Å². The number of para-hydroxylation sites is 1. The summed E-state index contributed by atoms with van der Waals surface area (Å²) in [6.45, 7) is 0. The minimum absolute atomic E-state index is 0.552. The molecule has 0 bridgehead atoms. The summed E-state index contributed by atoms with van der Waals surface area (Å²) in [5, 5.41) is 0. The number of hydrogen-bond donors (Lipinski definition) is 1. The number of benzene rings is 1. The van der Waals surface area contributed by atoms with Gasteiger partial charge in [0, 0.05) is 9.49 Å². The second-order valence-corrected chi connectivity index (χ2v) is 4.42. The zero-order valence-corrected chi connectivity index (χ0v) is 9.36. The van der Waals surface area contributed by atoms with E-state index in [4.69, 9.17) is 5.73 Å². The molecule has 0 atom stereocenters. The summed E-state index contributed by atoms with van der Waals surface area (Å²) >= 11 is 2.27. The third kappa shape index (κ3) is 2.21. The van der Waals surface area contributed by atoms with E-state index in [0.717, 1.165) is 15.1 Å². The van der Waals surface area contributed by atoms with Gasteiger partial charge in [-0.2, -0.15) is 0 Å². The lowest BCUT2D eigenvalue weighted by Crippen LogP contribution is -2.13. The molecular weight excluding hydrogens is 275 g/mol. The molecular formula is C10H11IN2. The third-order valence-electron chi connectivity index (χ3n) is 2.10. The number of amidine groups is 1. The predicted molar refractivity (Wildman–Crippen MR) is 63.2 cm³/mol. The molecule has 1 aliphatic rings. The lowest BCUT2D eigenvalue weighted by Gasteiger charge is -1.99. The van der Waals surface area contributed by atoms with E-state index in [2.05, 4.69) is 27.6 Å². The van der Waals surface area contributed by atoms with Crippen molar-refractivity contribution in [2.24, 2.45) is 16.6 Å². The SMILES string of the molecule is NC(=Nc1ccccc1I)C1CC1. The largest absolute Gasteiger partial charge is 0.387 e. The van der Waals surface area contributed by atoms with Crippen LogP contribution < -0.4 is 5.73 Å². The summed E-state index contributed by atoms with van der Waals surface area (Å²) in [4.78, 5) is 4.41. The average molecular weight is 286 g/mol. The molecule has 1 aromatic rings. The van der Waals surface area contributed by atoms with Gasteiger partial charge in [0.2, 0.25) is 0 Å². The van der Waals surface area contributed by atoms with Gasteiger partial charge in [-0.3, -0.25) is 0 Å². The van der Waals surface area contributed by atoms with Crippen molar-refractivity contribution in [1.29, 1.82) is 0 Å². The maximum atomic E-state index is 5.83. The first kappa shape index (κ1) is 8.99. The Bertz CT molecular complexity index is 343. The second kappa shape index (κ2) is 3.65. The molecule has 2 rings (SSSR count). The Kier molecular flexibility index (Phi) is 2.53. The highest BCUT2D eigenvalue weighted by molar-refractivity contribution is 14.1. The molecule has 0 aromatic heterocycles. The quantitative estimate of drug-likeness (QED) is 0.506. The summed E-state index contributed by atoms with van der Waals surface area (Å²) in [5.74, 6) is 1.35. The molecule has 1 aliphatic carbocycles. The van der Waals surface area contributed by atoms with Crippen LogP contribution in [-0.2, 0) is 0 Å². The van der Waals surface area contributed by atoms with Crippen LogP contribution in [0.5, 0.6) is 0 Å². The van der Waals surface area contributed by atoms with Gasteiger partial charge in [0.05, 0.1) is 5.69 Å². The molecule has 2 nitrogen and oxygen atoms in total. The topological polar surface area (TPSA) is 38.4 Å². The molecule has 0 heterocycles. The molecule has 3 heteroatoms. The number of hydrogen-bond acceptors (Lipinski definition) is 1. The zero-order valence-electron chi connectivity index (χ0n) is 7.20. The molecule has 2 N–H and O–H groups in total. The van der Waals surface area contributed by atoms with Crippen LogP contribution in [0.1, 0.15) is 12.8 Å². The van der Waals surface area contributed by atoms with Crippen LogP contribution in [0.4, 0.5) is 5.69 Å². The van der Waals surface area contributed by atoms with Crippen LogP contribution in [0.2, 0.25) is 0 Å². The van der Waals surface area contributed by atoms with Crippen molar-refractivity contribution in [3.63, 3.8) is 0 Å². The average Bonchev–Trinajstić information content (AvgIpc) is 2.91. The molecule has 1 fully saturated rings. The van der Waals surface area contributed by atoms with E-state index in [1.807, 2.05) is 24.3 Å². The van der Waals surface area contributed by atoms with Gasteiger partial charge in [-0.15, -0.1) is 0 Å². The van der Waals surface area contributed by atoms with Crippen molar-refractivity contribution in [3.05, 3.63) is 27.8 Å². The highest BCUT2D eigenvalue weighted by Crippen LogP contribution is 2.31. The van der Waals surface area contributed by atoms with Gasteiger partial charge >= 0.3 is 0 Å². The second-order valence-electron chi connectivity index (χ2n) is 3.26. The van der Waals surface area contributed by atoms with Crippen molar-refractivity contribution in [2.45, 2.75) is 12.8 Å². The van der Waals surface area contributed by atoms with Gasteiger partial charge in [-0.25, -0.2) is 4.99 Å². The van der Waals surface area contributed by atoms with Gasteiger partial charge in [-0.05, 0) is 47.6 Å². The highest BCUT2D eigenvalue weighted by atomic mass is 127. The first-order valence-electron chi connectivity index (χ1n) is 4.36. The first-order chi connectivity index (χ1) is 6.27. The Morgan fingerprint density at radius 1 is 1.38 bits per heavy atom. The fraction of sp³-hybridized carbons (Fsp3) is 0.300. The minimum atomic E-state index is 0.552. The van der Waals surface area contributed by atoms with E-state index in [1.54, 1.807) is 0 Å². The van der Waals surface area contributed by atoms with Crippen LogP contribution in [0.3, 0.4) is 0 Å². The molecule has 0 amide bonds. The fourth-order valence-electron chi connectivity index (χ4n) is 1.15. The van der Waals surface area contributed by atoms with E-state index in [0.29, 0.717) is 5.92 Å². The van der Waals surface area contributed by atoms with Gasteiger partial charge < -0.3 is 5.73 Å². The molecule has 0 aliphatic heterocycles. The van der Waals surface area contributed by atoms with Crippen LogP contribution in [0.15, 0.2) is 29.3 Å². The van der Waals surface area contributed by atoms with E-state index >= 15 is 0 Å². The van der Waals surface area contributed by atoms with E-state index in [-0.39, 0.29) is 0 Å². The number of aliphatic imine (C=N–C) groups is 1. The van der Waals surface area contributed by atoms with Gasteiger partial charge in [0.1, 0.15) is 5.84 Å². The van der Waals surface area contributed by atoms with Crippen molar-refractivity contribution in [2.75, 3.05) is 0 Å². The van der Waals surface area contributed by atoms with Crippen molar-refractivity contribution < 1.29 is 0 Å². The number of nitrogens with two attached hydrogens (primary N) is 1. The summed E-state index contributed by atoms with van der Waals surface area (Å²) in [7, 11) is 0. The molecule has 0 saturated heterocycles. The minimum Gasteiger partial charge on any atom is -0.387 e. The highest BCUT2D eigenvalue weighted by Gasteiger charge is 2.25. The van der Waals surface area contributed by atoms with Gasteiger partial charge in [-0.1, -0.05) is 12.1 Å². The number of halogens is 1. The van der Waals surface area contributed by atoms with Crippen LogP contribution in [-0.4, -0.2) is 5.84 Å². The maximum absolute atomic E-state index is 5.83. The van der Waals surface area contributed by atoms with Crippen LogP contribution in [0, 0.1) is 9.49 Å². The molecule has 1 aromatic carbocycles. The standard InChI is InChI=1S/C10H11IN2/c11-8-3-1-2-4-9(8)13-10(12)7-5-6-7/h1-4,7H,5-6H2,(H2,12,13). The van der Waals surface area contributed by atoms with E-state index < -0.39 is 0 Å². The number of rotatable bonds is 2. The summed E-state index contributed by atoms with van der Waals surface area (Å²) in [5.41, 5.74) is 6.82.